The zero-order valence-electron chi connectivity index (χ0n) is 18.9. The normalized spacial score (nSPS) is 24.1. The number of halogens is 1. The summed E-state index contributed by atoms with van der Waals surface area (Å²) in [7, 11) is 0. The highest BCUT2D eigenvalue weighted by molar-refractivity contribution is 7.17. The lowest BCUT2D eigenvalue weighted by Crippen LogP contribution is -2.48. The van der Waals surface area contributed by atoms with E-state index < -0.39 is 5.60 Å². The van der Waals surface area contributed by atoms with Gasteiger partial charge in [0.05, 0.1) is 23.3 Å². The predicted octanol–water partition coefficient (Wildman–Crippen LogP) is 7.02. The van der Waals surface area contributed by atoms with E-state index in [4.69, 9.17) is 4.98 Å². The number of allylic oxidation sites excluding steroid dienone is 1. The summed E-state index contributed by atoms with van der Waals surface area (Å²) >= 11 is 1.71. The molecule has 2 aromatic heterocycles. The number of thiophene rings is 1. The molecule has 0 spiro atoms. The van der Waals surface area contributed by atoms with Gasteiger partial charge in [0, 0.05) is 33.7 Å². The van der Waals surface area contributed by atoms with Crippen molar-refractivity contribution in [2.24, 2.45) is 11.3 Å². The molecule has 33 heavy (non-hydrogen) atoms. The highest BCUT2D eigenvalue weighted by Gasteiger charge is 2.51. The zero-order valence-corrected chi connectivity index (χ0v) is 19.7. The Morgan fingerprint density at radius 2 is 1.97 bits per heavy atom. The largest absolute Gasteiger partial charge is 0.385 e. The maximum absolute atomic E-state index is 13.4. The molecule has 5 heteroatoms. The molecule has 4 aromatic rings. The van der Waals surface area contributed by atoms with Gasteiger partial charge in [0.15, 0.2) is 0 Å². The SMILES string of the molecule is C[C@]12Cn3cnc(-c4ccc(F)cc4)c3C=C1CCCC2[C@](C)(O)c1csc2ccccc12. The van der Waals surface area contributed by atoms with Crippen LogP contribution in [0.25, 0.3) is 27.4 Å². The second kappa shape index (κ2) is 7.37. The van der Waals surface area contributed by atoms with Gasteiger partial charge in [0.1, 0.15) is 5.82 Å². The van der Waals surface area contributed by atoms with Crippen molar-refractivity contribution in [1.29, 1.82) is 0 Å². The Kier molecular flexibility index (Phi) is 4.65. The van der Waals surface area contributed by atoms with Crippen LogP contribution in [-0.4, -0.2) is 14.7 Å². The van der Waals surface area contributed by atoms with Crippen LogP contribution in [0.2, 0.25) is 0 Å². The van der Waals surface area contributed by atoms with Gasteiger partial charge in [-0.3, -0.25) is 0 Å². The number of aliphatic hydroxyl groups is 1. The fourth-order valence-corrected chi connectivity index (χ4v) is 7.32. The lowest BCUT2D eigenvalue weighted by molar-refractivity contribution is -0.0700. The van der Waals surface area contributed by atoms with E-state index in [-0.39, 0.29) is 17.2 Å². The number of hydrogen-bond donors (Lipinski definition) is 1. The van der Waals surface area contributed by atoms with Crippen LogP contribution in [0.3, 0.4) is 0 Å². The van der Waals surface area contributed by atoms with Crippen molar-refractivity contribution in [3.05, 3.63) is 82.9 Å². The van der Waals surface area contributed by atoms with Crippen LogP contribution in [0, 0.1) is 17.2 Å². The fraction of sp³-hybridized carbons (Fsp3) is 0.321. The van der Waals surface area contributed by atoms with E-state index >= 15 is 0 Å². The molecule has 2 aliphatic rings. The van der Waals surface area contributed by atoms with E-state index in [0.29, 0.717) is 0 Å². The third-order valence-corrected chi connectivity index (χ3v) is 8.92. The average molecular weight is 459 g/mol. The Balaban J connectivity index is 1.42. The lowest BCUT2D eigenvalue weighted by atomic mass is 9.57. The maximum atomic E-state index is 13.4. The van der Waals surface area contributed by atoms with E-state index in [1.807, 2.05) is 13.3 Å². The number of hydrogen-bond acceptors (Lipinski definition) is 3. The van der Waals surface area contributed by atoms with E-state index in [0.717, 1.165) is 53.7 Å². The summed E-state index contributed by atoms with van der Waals surface area (Å²) in [4.78, 5) is 4.70. The third kappa shape index (κ3) is 3.13. The summed E-state index contributed by atoms with van der Waals surface area (Å²) in [5.74, 6) is -0.149. The molecule has 0 bridgehead atoms. The minimum Gasteiger partial charge on any atom is -0.385 e. The number of aromatic nitrogens is 2. The fourth-order valence-electron chi connectivity index (χ4n) is 6.25. The van der Waals surface area contributed by atoms with Crippen molar-refractivity contribution in [3.63, 3.8) is 0 Å². The van der Waals surface area contributed by atoms with E-state index in [1.54, 1.807) is 23.5 Å². The van der Waals surface area contributed by atoms with Crippen LogP contribution >= 0.6 is 11.3 Å². The molecular weight excluding hydrogens is 431 g/mol. The predicted molar refractivity (Wildman–Crippen MR) is 132 cm³/mol. The lowest BCUT2D eigenvalue weighted by Gasteiger charge is -2.51. The molecule has 168 valence electrons. The molecule has 0 amide bonds. The highest BCUT2D eigenvalue weighted by Crippen LogP contribution is 2.56. The van der Waals surface area contributed by atoms with Gasteiger partial charge in [-0.25, -0.2) is 9.37 Å². The molecular formula is C28H27FN2OS. The Labute approximate surface area is 197 Å². The number of imidazole rings is 1. The van der Waals surface area contributed by atoms with Crippen LogP contribution in [0.1, 0.15) is 44.4 Å². The summed E-state index contributed by atoms with van der Waals surface area (Å²) in [6.45, 7) is 5.10. The first-order chi connectivity index (χ1) is 15.9. The van der Waals surface area contributed by atoms with Gasteiger partial charge < -0.3 is 9.67 Å². The van der Waals surface area contributed by atoms with E-state index in [9.17, 15) is 9.50 Å². The van der Waals surface area contributed by atoms with Gasteiger partial charge in [-0.2, -0.15) is 0 Å². The van der Waals surface area contributed by atoms with Crippen molar-refractivity contribution >= 4 is 27.5 Å². The molecule has 1 aliphatic heterocycles. The molecule has 3 nitrogen and oxygen atoms in total. The van der Waals surface area contributed by atoms with Crippen LogP contribution < -0.4 is 0 Å². The minimum absolute atomic E-state index is 0.0906. The molecule has 0 saturated heterocycles. The van der Waals surface area contributed by atoms with Crippen molar-refractivity contribution in [1.82, 2.24) is 9.55 Å². The second-order valence-electron chi connectivity index (χ2n) is 9.94. The number of fused-ring (bicyclic) bond motifs is 3. The van der Waals surface area contributed by atoms with Crippen LogP contribution in [0.15, 0.2) is 65.8 Å². The molecule has 6 rings (SSSR count). The summed E-state index contributed by atoms with van der Waals surface area (Å²) in [5.41, 5.74) is 4.21. The first-order valence-electron chi connectivity index (χ1n) is 11.6. The highest BCUT2D eigenvalue weighted by atomic mass is 32.1. The van der Waals surface area contributed by atoms with Gasteiger partial charge in [0.2, 0.25) is 0 Å². The molecule has 3 heterocycles. The van der Waals surface area contributed by atoms with Crippen molar-refractivity contribution in [3.8, 4) is 11.3 Å². The standard InChI is InChI=1S/C28H27FN2OS/c1-27-16-31-17-30-26(18-10-12-20(29)13-11-18)23(31)14-19(27)6-5-9-25(27)28(2,32)22-15-33-24-8-4-3-7-21(22)24/h3-4,7-8,10-15,17,25,32H,5-6,9,16H2,1-2H3/t25?,27-,28+/m0/s1. The summed E-state index contributed by atoms with van der Waals surface area (Å²) in [6.07, 6.45) is 7.25. The minimum atomic E-state index is -0.939. The van der Waals surface area contributed by atoms with Gasteiger partial charge >= 0.3 is 0 Å². The number of benzene rings is 2. The summed E-state index contributed by atoms with van der Waals surface area (Å²) in [5, 5.41) is 15.4. The molecule has 1 saturated carbocycles. The van der Waals surface area contributed by atoms with Gasteiger partial charge in [-0.1, -0.05) is 30.7 Å². The topological polar surface area (TPSA) is 38.0 Å². The first-order valence-corrected chi connectivity index (χ1v) is 12.5. The van der Waals surface area contributed by atoms with Crippen LogP contribution in [0.4, 0.5) is 4.39 Å². The number of nitrogens with zero attached hydrogens (tertiary/aromatic N) is 2. The Hall–Kier alpha value is -2.76. The molecule has 3 atom stereocenters. The Morgan fingerprint density at radius 3 is 2.79 bits per heavy atom. The maximum Gasteiger partial charge on any atom is 0.123 e. The van der Waals surface area contributed by atoms with Crippen LogP contribution in [0.5, 0.6) is 0 Å². The third-order valence-electron chi connectivity index (χ3n) is 7.95. The molecule has 1 fully saturated rings. The molecule has 1 unspecified atom stereocenters. The van der Waals surface area contributed by atoms with Gasteiger partial charge in [-0.05, 0) is 73.4 Å². The van der Waals surface area contributed by atoms with E-state index in [1.165, 1.54) is 22.4 Å². The molecule has 1 N–H and O–H groups in total. The average Bonchev–Trinajstić information content (AvgIpc) is 3.41. The van der Waals surface area contributed by atoms with E-state index in [2.05, 4.69) is 47.2 Å². The summed E-state index contributed by atoms with van der Waals surface area (Å²) in [6, 6.07) is 14.9. The van der Waals surface area contributed by atoms with Crippen molar-refractivity contribution < 1.29 is 9.50 Å². The Morgan fingerprint density at radius 1 is 1.18 bits per heavy atom. The zero-order chi connectivity index (χ0) is 22.8. The molecule has 2 aromatic carbocycles. The second-order valence-corrected chi connectivity index (χ2v) is 10.8. The monoisotopic (exact) mass is 458 g/mol. The van der Waals surface area contributed by atoms with Crippen LogP contribution in [-0.2, 0) is 12.1 Å². The summed E-state index contributed by atoms with van der Waals surface area (Å²) < 4.78 is 16.9. The smallest absolute Gasteiger partial charge is 0.123 e. The number of rotatable bonds is 3. The van der Waals surface area contributed by atoms with Gasteiger partial charge in [-0.15, -0.1) is 11.3 Å². The van der Waals surface area contributed by atoms with Gasteiger partial charge in [0.25, 0.3) is 0 Å². The molecule has 0 radical (unpaired) electrons. The van der Waals surface area contributed by atoms with Crippen molar-refractivity contribution in [2.75, 3.05) is 0 Å². The molecule has 1 aliphatic carbocycles. The Bertz CT molecular complexity index is 1380. The van der Waals surface area contributed by atoms with Crippen molar-refractivity contribution in [2.45, 2.75) is 45.3 Å². The quantitative estimate of drug-likeness (QED) is 0.358. The first kappa shape index (κ1) is 20.8.